The smallest absolute Gasteiger partial charge is 0.199 e. The lowest BCUT2D eigenvalue weighted by atomic mass is 10.1. The minimum Gasteiger partial charge on any atom is -0.486 e. The van der Waals surface area contributed by atoms with Crippen LogP contribution in [0.25, 0.3) is 0 Å². The van der Waals surface area contributed by atoms with E-state index in [-0.39, 0.29) is 5.60 Å². The first kappa shape index (κ1) is 21.0. The maximum absolute atomic E-state index is 5.95. The number of ether oxygens (including phenoxy) is 2. The summed E-state index contributed by atoms with van der Waals surface area (Å²) in [6.07, 6.45) is 1.06. The second-order valence-corrected chi connectivity index (χ2v) is 8.80. The van der Waals surface area contributed by atoms with Gasteiger partial charge in [-0.2, -0.15) is 5.10 Å². The molecule has 1 fully saturated rings. The summed E-state index contributed by atoms with van der Waals surface area (Å²) in [4.78, 5) is 2.35. The predicted molar refractivity (Wildman–Crippen MR) is 113 cm³/mol. The summed E-state index contributed by atoms with van der Waals surface area (Å²) in [6, 6.07) is 9.84. The van der Waals surface area contributed by atoms with Crippen molar-refractivity contribution in [2.75, 3.05) is 19.7 Å². The first-order valence-electron chi connectivity index (χ1n) is 10.0. The first-order valence-corrected chi connectivity index (χ1v) is 10.5. The van der Waals surface area contributed by atoms with Gasteiger partial charge in [0.25, 0.3) is 0 Å². The molecule has 2 heterocycles. The molecule has 0 saturated carbocycles. The highest BCUT2D eigenvalue weighted by atomic mass is 32.1. The van der Waals surface area contributed by atoms with Crippen molar-refractivity contribution in [2.24, 2.45) is 5.92 Å². The number of rotatable bonds is 8. The Kier molecular flexibility index (Phi) is 6.91. The van der Waals surface area contributed by atoms with E-state index in [2.05, 4.69) is 37.2 Å². The van der Waals surface area contributed by atoms with Gasteiger partial charge in [0, 0.05) is 19.6 Å². The van der Waals surface area contributed by atoms with Crippen molar-refractivity contribution in [1.82, 2.24) is 19.2 Å². The zero-order valence-corrected chi connectivity index (χ0v) is 18.2. The molecule has 0 spiro atoms. The van der Waals surface area contributed by atoms with E-state index in [1.54, 1.807) is 0 Å². The molecule has 1 aromatic heterocycles. The maximum atomic E-state index is 5.95. The Morgan fingerprint density at radius 1 is 1.25 bits per heavy atom. The van der Waals surface area contributed by atoms with Gasteiger partial charge in [-0.05, 0) is 50.5 Å². The number of nitrogens with zero attached hydrogens (tertiary/aromatic N) is 4. The Morgan fingerprint density at radius 3 is 2.68 bits per heavy atom. The summed E-state index contributed by atoms with van der Waals surface area (Å²) in [5, 5.41) is 4.81. The molecule has 0 unspecified atom stereocenters. The van der Waals surface area contributed by atoms with E-state index >= 15 is 0 Å². The van der Waals surface area contributed by atoms with Crippen molar-refractivity contribution in [2.45, 2.75) is 59.5 Å². The summed E-state index contributed by atoms with van der Waals surface area (Å²) in [6.45, 7) is 13.1. The minimum atomic E-state index is -0.139. The first-order chi connectivity index (χ1) is 13.3. The van der Waals surface area contributed by atoms with Gasteiger partial charge in [-0.25, -0.2) is 4.68 Å². The molecule has 1 aliphatic heterocycles. The van der Waals surface area contributed by atoms with Crippen LogP contribution < -0.4 is 4.74 Å². The largest absolute Gasteiger partial charge is 0.486 e. The van der Waals surface area contributed by atoms with Crippen LogP contribution in [0.2, 0.25) is 0 Å². The van der Waals surface area contributed by atoms with Crippen molar-refractivity contribution in [3.63, 3.8) is 0 Å². The topological polar surface area (TPSA) is 44.5 Å². The van der Waals surface area contributed by atoms with Gasteiger partial charge < -0.3 is 14.0 Å². The van der Waals surface area contributed by atoms with Gasteiger partial charge in [0.05, 0.1) is 18.9 Å². The quantitative estimate of drug-likeness (QED) is 0.620. The zero-order valence-electron chi connectivity index (χ0n) is 17.4. The van der Waals surface area contributed by atoms with Gasteiger partial charge in [-0.3, -0.25) is 4.90 Å². The van der Waals surface area contributed by atoms with Crippen LogP contribution in [0.1, 0.15) is 39.9 Å². The average molecular weight is 405 g/mol. The lowest BCUT2D eigenvalue weighted by Crippen LogP contribution is -2.48. The average Bonchev–Trinajstić information content (AvgIpc) is 2.93. The van der Waals surface area contributed by atoms with E-state index in [9.17, 15) is 0 Å². The van der Waals surface area contributed by atoms with Crippen molar-refractivity contribution >= 4 is 12.2 Å². The van der Waals surface area contributed by atoms with E-state index < -0.39 is 0 Å². The SMILES string of the molecule is CC(C)CCn1c(COc2ccccc2)nn(CN2CCOC(C)(C)C2)c1=S. The van der Waals surface area contributed by atoms with Crippen molar-refractivity contribution in [1.29, 1.82) is 0 Å². The molecule has 0 amide bonds. The van der Waals surface area contributed by atoms with Crippen molar-refractivity contribution < 1.29 is 9.47 Å². The van der Waals surface area contributed by atoms with Crippen LogP contribution in [0.4, 0.5) is 0 Å². The molecule has 0 radical (unpaired) electrons. The summed E-state index contributed by atoms with van der Waals surface area (Å²) in [5.74, 6) is 2.32. The monoisotopic (exact) mass is 404 g/mol. The lowest BCUT2D eigenvalue weighted by molar-refractivity contribution is -0.0947. The van der Waals surface area contributed by atoms with Gasteiger partial charge in [0.1, 0.15) is 12.4 Å². The highest BCUT2D eigenvalue weighted by Crippen LogP contribution is 2.18. The normalized spacial score (nSPS) is 17.2. The maximum Gasteiger partial charge on any atom is 0.199 e. The van der Waals surface area contributed by atoms with Crippen LogP contribution in [0.5, 0.6) is 5.75 Å². The molecule has 1 saturated heterocycles. The van der Waals surface area contributed by atoms with E-state index in [4.69, 9.17) is 26.8 Å². The number of hydrogen-bond donors (Lipinski definition) is 0. The third kappa shape index (κ3) is 5.65. The molecule has 0 atom stereocenters. The van der Waals surface area contributed by atoms with E-state index in [0.29, 0.717) is 19.2 Å². The van der Waals surface area contributed by atoms with Gasteiger partial charge in [-0.15, -0.1) is 0 Å². The van der Waals surface area contributed by atoms with Crippen molar-refractivity contribution in [3.8, 4) is 5.75 Å². The van der Waals surface area contributed by atoms with Crippen LogP contribution in [0, 0.1) is 10.7 Å². The second-order valence-electron chi connectivity index (χ2n) is 8.44. The van der Waals surface area contributed by atoms with E-state index in [1.165, 1.54) is 0 Å². The van der Waals surface area contributed by atoms with Crippen molar-refractivity contribution in [3.05, 3.63) is 40.9 Å². The van der Waals surface area contributed by atoms with E-state index in [0.717, 1.165) is 49.0 Å². The van der Waals surface area contributed by atoms with Gasteiger partial charge >= 0.3 is 0 Å². The zero-order chi connectivity index (χ0) is 20.1. The Balaban J connectivity index is 1.77. The third-order valence-corrected chi connectivity index (χ3v) is 5.31. The molecule has 28 heavy (non-hydrogen) atoms. The number of benzene rings is 1. The summed E-state index contributed by atoms with van der Waals surface area (Å²) >= 11 is 5.77. The fraction of sp³-hybridized carbons (Fsp3) is 0.619. The molecule has 6 nitrogen and oxygen atoms in total. The highest BCUT2D eigenvalue weighted by molar-refractivity contribution is 7.71. The minimum absolute atomic E-state index is 0.139. The highest BCUT2D eigenvalue weighted by Gasteiger charge is 2.27. The Hall–Kier alpha value is -1.70. The molecule has 0 N–H and O–H groups in total. The van der Waals surface area contributed by atoms with Crippen LogP contribution in [0.3, 0.4) is 0 Å². The molecular weight excluding hydrogens is 372 g/mol. The van der Waals surface area contributed by atoms with Crippen LogP contribution >= 0.6 is 12.2 Å². The molecule has 1 aromatic carbocycles. The number of para-hydroxylation sites is 1. The molecular formula is C21H32N4O2S. The number of morpholine rings is 1. The summed E-state index contributed by atoms with van der Waals surface area (Å²) in [7, 11) is 0. The Labute approximate surface area is 173 Å². The lowest BCUT2D eigenvalue weighted by Gasteiger charge is -2.37. The van der Waals surface area contributed by atoms with Gasteiger partial charge in [0.2, 0.25) is 0 Å². The van der Waals surface area contributed by atoms with Gasteiger partial charge in [-0.1, -0.05) is 32.0 Å². The molecule has 3 rings (SSSR count). The molecule has 0 aliphatic carbocycles. The molecule has 1 aliphatic rings. The van der Waals surface area contributed by atoms with Gasteiger partial charge in [0.15, 0.2) is 10.6 Å². The summed E-state index contributed by atoms with van der Waals surface area (Å²) in [5.41, 5.74) is -0.139. The number of aromatic nitrogens is 3. The second kappa shape index (κ2) is 9.20. The number of hydrogen-bond acceptors (Lipinski definition) is 5. The van der Waals surface area contributed by atoms with E-state index in [1.807, 2.05) is 35.0 Å². The van der Waals surface area contributed by atoms with Crippen LogP contribution in [-0.4, -0.2) is 44.5 Å². The Bertz CT molecular complexity index is 814. The van der Waals surface area contributed by atoms with Crippen LogP contribution in [-0.2, 0) is 24.6 Å². The van der Waals surface area contributed by atoms with Crippen LogP contribution in [0.15, 0.2) is 30.3 Å². The molecule has 2 aromatic rings. The molecule has 0 bridgehead atoms. The Morgan fingerprint density at radius 2 is 2.00 bits per heavy atom. The molecule has 7 heteroatoms. The molecule has 154 valence electrons. The standard InChI is InChI=1S/C21H32N4O2S/c1-17(2)10-11-24-19(14-26-18-8-6-5-7-9-18)22-25(20(24)28)16-23-12-13-27-21(3,4)15-23/h5-9,17H,10-16H2,1-4H3. The summed E-state index contributed by atoms with van der Waals surface area (Å²) < 4.78 is 16.6. The third-order valence-electron chi connectivity index (χ3n) is 4.88. The fourth-order valence-corrected chi connectivity index (χ4v) is 3.68. The fourth-order valence-electron chi connectivity index (χ4n) is 3.39. The predicted octanol–water partition coefficient (Wildman–Crippen LogP) is 4.11.